The molecule has 3 N–H and O–H groups in total. The van der Waals surface area contributed by atoms with E-state index in [4.69, 9.17) is 10.2 Å². The van der Waals surface area contributed by atoms with E-state index >= 15 is 0 Å². The quantitative estimate of drug-likeness (QED) is 0.615. The molecule has 1 aromatic rings. The Morgan fingerprint density at radius 2 is 1.75 bits per heavy atom. The molecule has 0 aliphatic heterocycles. The molecule has 0 radical (unpaired) electrons. The van der Waals surface area contributed by atoms with Crippen LogP contribution in [-0.4, -0.2) is 35.2 Å². The Hall–Kier alpha value is -1.88. The molecule has 0 aliphatic rings. The molecule has 0 aliphatic carbocycles. The molecule has 5 nitrogen and oxygen atoms in total. The van der Waals surface area contributed by atoms with Crippen LogP contribution in [0.5, 0.6) is 0 Å². The van der Waals surface area contributed by atoms with E-state index < -0.39 is 11.9 Å². The molecule has 5 heteroatoms. The molecule has 0 fully saturated rings. The summed E-state index contributed by atoms with van der Waals surface area (Å²) in [5.41, 5.74) is 1.23. The fraction of sp³-hybridized carbons (Fsp3) is 0.273. The number of carboxylic acid groups (broad SMARTS) is 2. The summed E-state index contributed by atoms with van der Waals surface area (Å²) in [6.07, 6.45) is 0.674. The van der Waals surface area contributed by atoms with Gasteiger partial charge in [-0.25, -0.2) is 4.79 Å². The lowest BCUT2D eigenvalue weighted by molar-refractivity contribution is -0.135. The molecule has 0 spiro atoms. The smallest absolute Gasteiger partial charge is 0.335 e. The van der Waals surface area contributed by atoms with E-state index in [1.807, 2.05) is 0 Å². The van der Waals surface area contributed by atoms with Crippen molar-refractivity contribution in [1.29, 1.82) is 0 Å². The van der Waals surface area contributed by atoms with Gasteiger partial charge in [0.05, 0.1) is 12.1 Å². The summed E-state index contributed by atoms with van der Waals surface area (Å²) in [6.45, 7) is 0.492. The molecule has 0 heterocycles. The van der Waals surface area contributed by atoms with Crippen LogP contribution >= 0.6 is 0 Å². The molecule has 0 bridgehead atoms. The minimum absolute atomic E-state index is 0.0623. The van der Waals surface area contributed by atoms with Gasteiger partial charge in [-0.1, -0.05) is 12.1 Å². The van der Waals surface area contributed by atoms with E-state index in [0.717, 1.165) is 5.56 Å². The summed E-state index contributed by atoms with van der Waals surface area (Å²) in [6, 6.07) is 6.53. The van der Waals surface area contributed by atoms with E-state index in [0.29, 0.717) is 13.0 Å². The molecule has 0 amide bonds. The summed E-state index contributed by atoms with van der Waals surface area (Å²) >= 11 is 0. The van der Waals surface area contributed by atoms with Crippen molar-refractivity contribution in [3.05, 3.63) is 35.4 Å². The minimum Gasteiger partial charge on any atom is -0.480 e. The first-order valence-corrected chi connectivity index (χ1v) is 4.84. The van der Waals surface area contributed by atoms with Crippen molar-refractivity contribution in [2.75, 3.05) is 13.1 Å². The SMILES string of the molecule is O=C(O)CNCCc1ccc(C(=O)O)cc1. The van der Waals surface area contributed by atoms with Gasteiger partial charge in [0, 0.05) is 0 Å². The predicted octanol–water partition coefficient (Wildman–Crippen LogP) is 0.601. The average Bonchev–Trinajstić information content (AvgIpc) is 2.25. The van der Waals surface area contributed by atoms with E-state index in [9.17, 15) is 9.59 Å². The van der Waals surface area contributed by atoms with Crippen LogP contribution in [0.4, 0.5) is 0 Å². The molecule has 1 rings (SSSR count). The second kappa shape index (κ2) is 5.87. The maximum atomic E-state index is 10.6. The van der Waals surface area contributed by atoms with Gasteiger partial charge in [0.2, 0.25) is 0 Å². The zero-order valence-corrected chi connectivity index (χ0v) is 8.64. The van der Waals surface area contributed by atoms with Gasteiger partial charge in [-0.15, -0.1) is 0 Å². The standard InChI is InChI=1S/C11H13NO4/c13-10(14)7-12-6-5-8-1-3-9(4-2-8)11(15)16/h1-4,12H,5-7H2,(H,13,14)(H,15,16). The van der Waals surface area contributed by atoms with Crippen LogP contribution < -0.4 is 5.32 Å². The number of aliphatic carboxylic acids is 1. The average molecular weight is 223 g/mol. The van der Waals surface area contributed by atoms with Gasteiger partial charge in [-0.05, 0) is 30.7 Å². The van der Waals surface area contributed by atoms with Gasteiger partial charge < -0.3 is 15.5 Å². The molecule has 0 unspecified atom stereocenters. The van der Waals surface area contributed by atoms with Crippen LogP contribution in [0.1, 0.15) is 15.9 Å². The maximum absolute atomic E-state index is 10.6. The monoisotopic (exact) mass is 223 g/mol. The summed E-state index contributed by atoms with van der Waals surface area (Å²) < 4.78 is 0. The molecule has 86 valence electrons. The third-order valence-electron chi connectivity index (χ3n) is 2.07. The summed E-state index contributed by atoms with van der Waals surface area (Å²) in [5.74, 6) is -1.84. The maximum Gasteiger partial charge on any atom is 0.335 e. The number of hydrogen-bond acceptors (Lipinski definition) is 3. The molecule has 0 atom stereocenters. The van der Waals surface area contributed by atoms with Crippen LogP contribution in [0.2, 0.25) is 0 Å². The first kappa shape index (κ1) is 12.2. The number of nitrogens with one attached hydrogen (secondary N) is 1. The fourth-order valence-corrected chi connectivity index (χ4v) is 1.24. The van der Waals surface area contributed by atoms with Crippen molar-refractivity contribution in [1.82, 2.24) is 5.32 Å². The highest BCUT2D eigenvalue weighted by molar-refractivity contribution is 5.87. The lowest BCUT2D eigenvalue weighted by Gasteiger charge is -2.02. The lowest BCUT2D eigenvalue weighted by atomic mass is 10.1. The second-order valence-electron chi connectivity index (χ2n) is 3.32. The molecule has 0 saturated carbocycles. The van der Waals surface area contributed by atoms with Crippen LogP contribution in [0, 0.1) is 0 Å². The van der Waals surface area contributed by atoms with Gasteiger partial charge in [0.1, 0.15) is 0 Å². The van der Waals surface area contributed by atoms with Gasteiger partial charge >= 0.3 is 11.9 Å². The molecular weight excluding hydrogens is 210 g/mol. The van der Waals surface area contributed by atoms with Crippen molar-refractivity contribution in [2.24, 2.45) is 0 Å². The molecule has 16 heavy (non-hydrogen) atoms. The summed E-state index contributed by atoms with van der Waals surface area (Å²) in [4.78, 5) is 20.8. The minimum atomic E-state index is -0.949. The fourth-order valence-electron chi connectivity index (χ4n) is 1.24. The Balaban J connectivity index is 2.38. The third kappa shape index (κ3) is 4.10. The van der Waals surface area contributed by atoms with Gasteiger partial charge in [-0.3, -0.25) is 4.79 Å². The highest BCUT2D eigenvalue weighted by atomic mass is 16.4. The number of hydrogen-bond donors (Lipinski definition) is 3. The van der Waals surface area contributed by atoms with Crippen molar-refractivity contribution < 1.29 is 19.8 Å². The predicted molar refractivity (Wildman–Crippen MR) is 57.6 cm³/mol. The normalized spacial score (nSPS) is 10.0. The number of carboxylic acids is 2. The van der Waals surface area contributed by atoms with E-state index in [2.05, 4.69) is 5.32 Å². The van der Waals surface area contributed by atoms with Gasteiger partial charge in [0.15, 0.2) is 0 Å². The Labute approximate surface area is 92.7 Å². The van der Waals surface area contributed by atoms with Crippen LogP contribution in [0.15, 0.2) is 24.3 Å². The Morgan fingerprint density at radius 1 is 1.12 bits per heavy atom. The van der Waals surface area contributed by atoms with Crippen LogP contribution in [0.25, 0.3) is 0 Å². The summed E-state index contributed by atoms with van der Waals surface area (Å²) in [7, 11) is 0. The molecule has 0 aromatic heterocycles. The van der Waals surface area contributed by atoms with E-state index in [1.54, 1.807) is 12.1 Å². The third-order valence-corrected chi connectivity index (χ3v) is 2.07. The summed E-state index contributed by atoms with van der Waals surface area (Å²) in [5, 5.41) is 19.8. The zero-order valence-electron chi connectivity index (χ0n) is 8.64. The van der Waals surface area contributed by atoms with Crippen molar-refractivity contribution in [3.8, 4) is 0 Å². The first-order chi connectivity index (χ1) is 7.59. The Morgan fingerprint density at radius 3 is 2.25 bits per heavy atom. The second-order valence-corrected chi connectivity index (χ2v) is 3.32. The molecular formula is C11H13NO4. The lowest BCUT2D eigenvalue weighted by Crippen LogP contribution is -2.24. The number of aromatic carboxylic acids is 1. The number of benzene rings is 1. The van der Waals surface area contributed by atoms with Crippen molar-refractivity contribution in [2.45, 2.75) is 6.42 Å². The zero-order chi connectivity index (χ0) is 12.0. The topological polar surface area (TPSA) is 86.6 Å². The highest BCUT2D eigenvalue weighted by Gasteiger charge is 2.01. The van der Waals surface area contributed by atoms with Crippen molar-refractivity contribution >= 4 is 11.9 Å². The van der Waals surface area contributed by atoms with E-state index in [-0.39, 0.29) is 12.1 Å². The van der Waals surface area contributed by atoms with Gasteiger partial charge in [0.25, 0.3) is 0 Å². The van der Waals surface area contributed by atoms with Gasteiger partial charge in [-0.2, -0.15) is 0 Å². The highest BCUT2D eigenvalue weighted by Crippen LogP contribution is 2.04. The number of rotatable bonds is 6. The van der Waals surface area contributed by atoms with Crippen molar-refractivity contribution in [3.63, 3.8) is 0 Å². The Kier molecular flexibility index (Phi) is 4.47. The number of carbonyl (C=O) groups is 2. The Bertz CT molecular complexity index is 372. The largest absolute Gasteiger partial charge is 0.480 e. The van der Waals surface area contributed by atoms with Crippen LogP contribution in [-0.2, 0) is 11.2 Å². The van der Waals surface area contributed by atoms with E-state index in [1.165, 1.54) is 12.1 Å². The molecule has 1 aromatic carbocycles. The molecule has 0 saturated heterocycles. The first-order valence-electron chi connectivity index (χ1n) is 4.84. The van der Waals surface area contributed by atoms with Crippen LogP contribution in [0.3, 0.4) is 0 Å².